The summed E-state index contributed by atoms with van der Waals surface area (Å²) in [5.74, 6) is 0.363. The van der Waals surface area contributed by atoms with Crippen LogP contribution in [0.25, 0.3) is 0 Å². The van der Waals surface area contributed by atoms with Crippen LogP contribution in [0.4, 0.5) is 11.6 Å². The largest absolute Gasteiger partial charge is 0.355 e. The highest BCUT2D eigenvalue weighted by Crippen LogP contribution is 2.33. The zero-order valence-corrected chi connectivity index (χ0v) is 17.2. The second-order valence-corrected chi connectivity index (χ2v) is 7.64. The van der Waals surface area contributed by atoms with Gasteiger partial charge in [-0.05, 0) is 43.2 Å². The number of H-pyrrole nitrogens is 1. The van der Waals surface area contributed by atoms with E-state index in [0.29, 0.717) is 31.2 Å². The molecule has 30 heavy (non-hydrogen) atoms. The minimum atomic E-state index is -0.224. The highest BCUT2D eigenvalue weighted by Gasteiger charge is 2.33. The van der Waals surface area contributed by atoms with E-state index in [9.17, 15) is 9.59 Å². The first-order valence-corrected chi connectivity index (χ1v) is 10.1. The van der Waals surface area contributed by atoms with Crippen molar-refractivity contribution in [1.29, 1.82) is 0 Å². The van der Waals surface area contributed by atoms with Crippen LogP contribution in [-0.4, -0.2) is 33.9 Å². The van der Waals surface area contributed by atoms with E-state index in [4.69, 9.17) is 0 Å². The van der Waals surface area contributed by atoms with Crippen molar-refractivity contribution in [3.63, 3.8) is 0 Å². The lowest BCUT2D eigenvalue weighted by Gasteiger charge is -2.20. The number of carbonyl (C=O) groups excluding carboxylic acids is 1. The normalized spacial score (nSPS) is 16.1. The van der Waals surface area contributed by atoms with Crippen LogP contribution in [0.2, 0.25) is 0 Å². The number of pyridine rings is 1. The number of hydrogen-bond acceptors (Lipinski definition) is 5. The first kappa shape index (κ1) is 19.8. The highest BCUT2D eigenvalue weighted by molar-refractivity contribution is 5.97. The zero-order chi connectivity index (χ0) is 21.1. The number of nitrogens with zero attached hydrogens (tertiary/aromatic N) is 3. The van der Waals surface area contributed by atoms with Gasteiger partial charge in [0, 0.05) is 55.5 Å². The van der Waals surface area contributed by atoms with Crippen molar-refractivity contribution >= 4 is 17.5 Å². The van der Waals surface area contributed by atoms with Crippen molar-refractivity contribution < 1.29 is 4.79 Å². The fourth-order valence-electron chi connectivity index (χ4n) is 3.79. The standard InChI is InChI=1S/C23H25N5O2/c1-15-6-5-8-20(16(15)2)28-14-17(12-22(28)30)19-13-21(29)27-23(26-19)25-11-9-18-7-3-4-10-24-18/h3-8,10,13,17H,9,11-12,14H2,1-2H3,(H2,25,26,27,29)/t17-/m1/s1. The van der Waals surface area contributed by atoms with E-state index >= 15 is 0 Å². The van der Waals surface area contributed by atoms with Gasteiger partial charge >= 0.3 is 0 Å². The van der Waals surface area contributed by atoms with Crippen LogP contribution in [0.1, 0.15) is 34.9 Å². The van der Waals surface area contributed by atoms with Crippen molar-refractivity contribution in [2.24, 2.45) is 0 Å². The predicted octanol–water partition coefficient (Wildman–Crippen LogP) is 2.96. The van der Waals surface area contributed by atoms with E-state index in [0.717, 1.165) is 28.9 Å². The fourth-order valence-corrected chi connectivity index (χ4v) is 3.79. The van der Waals surface area contributed by atoms with Gasteiger partial charge in [-0.3, -0.25) is 19.6 Å². The maximum absolute atomic E-state index is 12.7. The van der Waals surface area contributed by atoms with Crippen LogP contribution in [0.3, 0.4) is 0 Å². The summed E-state index contributed by atoms with van der Waals surface area (Å²) in [4.78, 5) is 38.3. The van der Waals surface area contributed by atoms with Crippen LogP contribution < -0.4 is 15.8 Å². The molecule has 154 valence electrons. The number of benzene rings is 1. The molecule has 4 rings (SSSR count). The Kier molecular flexibility index (Phi) is 5.61. The minimum absolute atomic E-state index is 0.0560. The molecular weight excluding hydrogens is 378 g/mol. The molecule has 7 nitrogen and oxygen atoms in total. The Bertz CT molecular complexity index is 1110. The smallest absolute Gasteiger partial charge is 0.252 e. The van der Waals surface area contributed by atoms with Crippen molar-refractivity contribution in [3.05, 3.63) is 81.5 Å². The highest BCUT2D eigenvalue weighted by atomic mass is 16.2. The van der Waals surface area contributed by atoms with Crippen molar-refractivity contribution in [2.75, 3.05) is 23.3 Å². The molecule has 2 N–H and O–H groups in total. The Labute approximate surface area is 175 Å². The summed E-state index contributed by atoms with van der Waals surface area (Å²) in [6, 6.07) is 13.3. The SMILES string of the molecule is Cc1cccc(N2C[C@H](c3cc(=O)[nH]c(NCCc4ccccn4)n3)CC2=O)c1C. The molecule has 2 aromatic heterocycles. The first-order valence-electron chi connectivity index (χ1n) is 10.1. The molecular formula is C23H25N5O2. The number of hydrogen-bond donors (Lipinski definition) is 2. The van der Waals surface area contributed by atoms with E-state index in [-0.39, 0.29) is 17.4 Å². The van der Waals surface area contributed by atoms with Gasteiger partial charge in [-0.2, -0.15) is 0 Å². The van der Waals surface area contributed by atoms with E-state index in [1.807, 2.05) is 55.1 Å². The number of aryl methyl sites for hydroxylation is 1. The summed E-state index contributed by atoms with van der Waals surface area (Å²) in [5.41, 5.74) is 4.56. The molecule has 1 aliphatic heterocycles. The number of rotatable bonds is 6. The van der Waals surface area contributed by atoms with Gasteiger partial charge in [0.05, 0.1) is 5.69 Å². The number of aromatic nitrogens is 3. The summed E-state index contributed by atoms with van der Waals surface area (Å²) in [6.07, 6.45) is 2.82. The Balaban J connectivity index is 1.48. The number of amides is 1. The number of nitrogens with one attached hydrogen (secondary N) is 2. The third kappa shape index (κ3) is 4.25. The lowest BCUT2D eigenvalue weighted by molar-refractivity contribution is -0.117. The second-order valence-electron chi connectivity index (χ2n) is 7.64. The molecule has 1 aromatic carbocycles. The van der Waals surface area contributed by atoms with Crippen LogP contribution in [0.15, 0.2) is 53.5 Å². The topological polar surface area (TPSA) is 91.0 Å². The molecule has 1 amide bonds. The van der Waals surface area contributed by atoms with Gasteiger partial charge in [0.15, 0.2) is 0 Å². The molecule has 3 heterocycles. The fraction of sp³-hybridized carbons (Fsp3) is 0.304. The van der Waals surface area contributed by atoms with Crippen molar-refractivity contribution in [1.82, 2.24) is 15.0 Å². The Morgan fingerprint density at radius 1 is 1.17 bits per heavy atom. The molecule has 0 bridgehead atoms. The summed E-state index contributed by atoms with van der Waals surface area (Å²) in [7, 11) is 0. The lowest BCUT2D eigenvalue weighted by Crippen LogP contribution is -2.25. The Hall–Kier alpha value is -3.48. The predicted molar refractivity (Wildman–Crippen MR) is 117 cm³/mol. The van der Waals surface area contributed by atoms with E-state index < -0.39 is 0 Å². The third-order valence-electron chi connectivity index (χ3n) is 5.57. The molecule has 0 radical (unpaired) electrons. The monoisotopic (exact) mass is 403 g/mol. The number of anilines is 2. The maximum atomic E-state index is 12.7. The summed E-state index contributed by atoms with van der Waals surface area (Å²) >= 11 is 0. The Morgan fingerprint density at radius 2 is 2.03 bits per heavy atom. The molecule has 0 spiro atoms. The summed E-state index contributed by atoms with van der Waals surface area (Å²) in [5, 5.41) is 3.16. The maximum Gasteiger partial charge on any atom is 0.252 e. The van der Waals surface area contributed by atoms with Crippen molar-refractivity contribution in [2.45, 2.75) is 32.6 Å². The lowest BCUT2D eigenvalue weighted by atomic mass is 10.0. The molecule has 1 saturated heterocycles. The first-order chi connectivity index (χ1) is 14.5. The molecule has 1 aliphatic rings. The quantitative estimate of drug-likeness (QED) is 0.660. The molecule has 1 fully saturated rings. The molecule has 3 aromatic rings. The molecule has 0 unspecified atom stereocenters. The average Bonchev–Trinajstić information content (AvgIpc) is 3.12. The van der Waals surface area contributed by atoms with Gasteiger partial charge in [-0.25, -0.2) is 4.98 Å². The van der Waals surface area contributed by atoms with Crippen molar-refractivity contribution in [3.8, 4) is 0 Å². The van der Waals surface area contributed by atoms with Crippen LogP contribution in [0, 0.1) is 13.8 Å². The van der Waals surface area contributed by atoms with Gasteiger partial charge in [-0.15, -0.1) is 0 Å². The van der Waals surface area contributed by atoms with Crippen LogP contribution >= 0.6 is 0 Å². The van der Waals surface area contributed by atoms with Crippen LogP contribution in [0.5, 0.6) is 0 Å². The molecule has 1 atom stereocenters. The van der Waals surface area contributed by atoms with Crippen LogP contribution in [-0.2, 0) is 11.2 Å². The Morgan fingerprint density at radius 3 is 2.83 bits per heavy atom. The van der Waals surface area contributed by atoms with Gasteiger partial charge in [0.1, 0.15) is 0 Å². The van der Waals surface area contributed by atoms with E-state index in [1.165, 1.54) is 6.07 Å². The van der Waals surface area contributed by atoms with E-state index in [2.05, 4.69) is 20.3 Å². The second kappa shape index (κ2) is 8.49. The third-order valence-corrected chi connectivity index (χ3v) is 5.57. The minimum Gasteiger partial charge on any atom is -0.355 e. The number of aromatic amines is 1. The average molecular weight is 403 g/mol. The molecule has 0 saturated carbocycles. The molecule has 0 aliphatic carbocycles. The summed E-state index contributed by atoms with van der Waals surface area (Å²) < 4.78 is 0. The zero-order valence-electron chi connectivity index (χ0n) is 17.2. The van der Waals surface area contributed by atoms with Gasteiger partial charge < -0.3 is 10.2 Å². The van der Waals surface area contributed by atoms with Gasteiger partial charge in [-0.1, -0.05) is 18.2 Å². The summed E-state index contributed by atoms with van der Waals surface area (Å²) in [6.45, 7) is 5.19. The molecule has 7 heteroatoms. The van der Waals surface area contributed by atoms with Gasteiger partial charge in [0.2, 0.25) is 11.9 Å². The van der Waals surface area contributed by atoms with Gasteiger partial charge in [0.25, 0.3) is 5.56 Å². The van der Waals surface area contributed by atoms with E-state index in [1.54, 1.807) is 6.20 Å². The number of carbonyl (C=O) groups is 1.